The summed E-state index contributed by atoms with van der Waals surface area (Å²) in [4.78, 5) is 34.7. The Morgan fingerprint density at radius 1 is 1.33 bits per heavy atom. The van der Waals surface area contributed by atoms with Gasteiger partial charge in [-0.3, -0.25) is 4.79 Å². The van der Waals surface area contributed by atoms with Crippen LogP contribution in [0, 0.1) is 0 Å². The first-order valence-corrected chi connectivity index (χ1v) is 5.32. The van der Waals surface area contributed by atoms with Crippen LogP contribution in [0.15, 0.2) is 30.3 Å². The van der Waals surface area contributed by atoms with Gasteiger partial charge >= 0.3 is 6.09 Å². The zero-order chi connectivity index (χ0) is 13.3. The maximum Gasteiger partial charge on any atom is 0.418 e. The van der Waals surface area contributed by atoms with Crippen molar-refractivity contribution in [3.63, 3.8) is 0 Å². The number of carbonyl (C=O) groups is 3. The van der Waals surface area contributed by atoms with Crippen molar-refractivity contribution in [2.45, 2.75) is 19.1 Å². The largest absolute Gasteiger partial charge is 0.548 e. The molecule has 6 heteroatoms. The number of benzene rings is 1. The van der Waals surface area contributed by atoms with Crippen LogP contribution < -0.4 is 5.11 Å². The summed E-state index contributed by atoms with van der Waals surface area (Å²) in [7, 11) is 0. The lowest BCUT2D eigenvalue weighted by Gasteiger charge is -2.20. The molecule has 18 heavy (non-hydrogen) atoms. The average Bonchev–Trinajstić information content (AvgIpc) is 2.65. The zero-order valence-corrected chi connectivity index (χ0v) is 9.53. The molecule has 94 valence electrons. The molecule has 2 atom stereocenters. The second-order valence-electron chi connectivity index (χ2n) is 3.88. The first-order chi connectivity index (χ1) is 8.52. The van der Waals surface area contributed by atoms with Gasteiger partial charge in [0.1, 0.15) is 0 Å². The maximum atomic E-state index is 12.0. The lowest BCUT2D eigenvalue weighted by Crippen LogP contribution is -2.48. The Balaban J connectivity index is 2.27. The van der Waals surface area contributed by atoms with Crippen LogP contribution in [0.25, 0.3) is 0 Å². The Kier molecular flexibility index (Phi) is 3.01. The van der Waals surface area contributed by atoms with Gasteiger partial charge in [-0.15, -0.1) is 0 Å². The van der Waals surface area contributed by atoms with Crippen LogP contribution in [0.1, 0.15) is 18.6 Å². The Labute approximate surface area is 103 Å². The molecule has 1 aliphatic rings. The maximum absolute atomic E-state index is 12.0. The monoisotopic (exact) mass is 248 g/mol. The van der Waals surface area contributed by atoms with E-state index >= 15 is 0 Å². The molecule has 2 rings (SSSR count). The third-order valence-corrected chi connectivity index (χ3v) is 2.71. The number of hydrogen-bond acceptors (Lipinski definition) is 5. The molecule has 0 spiro atoms. The van der Waals surface area contributed by atoms with E-state index in [0.717, 1.165) is 0 Å². The van der Waals surface area contributed by atoms with Crippen LogP contribution >= 0.6 is 0 Å². The summed E-state index contributed by atoms with van der Waals surface area (Å²) in [6.45, 7) is 1.20. The molecular formula is C12H10NO5-. The first kappa shape index (κ1) is 12.1. The highest BCUT2D eigenvalue weighted by atomic mass is 16.6. The molecule has 0 N–H and O–H groups in total. The molecule has 2 unspecified atom stereocenters. The quantitative estimate of drug-likeness (QED) is 0.742. The number of nitrogens with zero attached hydrogens (tertiary/aromatic N) is 1. The first-order valence-electron chi connectivity index (χ1n) is 5.32. The van der Waals surface area contributed by atoms with E-state index in [1.807, 2.05) is 0 Å². The molecule has 6 nitrogen and oxygen atoms in total. The molecule has 0 saturated carbocycles. The highest BCUT2D eigenvalue weighted by molar-refractivity contribution is 6.03. The summed E-state index contributed by atoms with van der Waals surface area (Å²) in [5.41, 5.74) is 0.504. The number of imide groups is 1. The van der Waals surface area contributed by atoms with Gasteiger partial charge in [-0.25, -0.2) is 9.69 Å². The normalized spacial score (nSPS) is 20.7. The SMILES string of the molecule is CC(C(=O)[O-])N1C(=O)OC(c2ccccc2)C1=O. The molecule has 2 amide bonds. The lowest BCUT2D eigenvalue weighted by atomic mass is 10.1. The van der Waals surface area contributed by atoms with Crippen LogP contribution in [-0.4, -0.2) is 28.9 Å². The lowest BCUT2D eigenvalue weighted by molar-refractivity contribution is -0.309. The van der Waals surface area contributed by atoms with Crippen LogP contribution in [0.2, 0.25) is 0 Å². The van der Waals surface area contributed by atoms with Gasteiger partial charge in [0.05, 0.1) is 12.0 Å². The number of ether oxygens (including phenoxy) is 1. The minimum atomic E-state index is -1.51. The Morgan fingerprint density at radius 2 is 1.94 bits per heavy atom. The number of rotatable bonds is 3. The number of amides is 2. The van der Waals surface area contributed by atoms with Gasteiger partial charge in [-0.1, -0.05) is 30.3 Å². The molecular weight excluding hydrogens is 238 g/mol. The van der Waals surface area contributed by atoms with Gasteiger partial charge in [-0.05, 0) is 6.92 Å². The summed E-state index contributed by atoms with van der Waals surface area (Å²) in [5.74, 6) is -2.20. The van der Waals surface area contributed by atoms with Crippen molar-refractivity contribution in [2.75, 3.05) is 0 Å². The zero-order valence-electron chi connectivity index (χ0n) is 9.53. The molecule has 0 radical (unpaired) electrons. The molecule has 1 aromatic rings. The van der Waals surface area contributed by atoms with Gasteiger partial charge < -0.3 is 14.6 Å². The molecule has 0 bridgehead atoms. The smallest absolute Gasteiger partial charge is 0.418 e. The fourth-order valence-corrected chi connectivity index (χ4v) is 1.72. The van der Waals surface area contributed by atoms with Crippen LogP contribution in [0.3, 0.4) is 0 Å². The number of hydrogen-bond donors (Lipinski definition) is 0. The summed E-state index contributed by atoms with van der Waals surface area (Å²) < 4.78 is 4.89. The molecule has 0 aromatic heterocycles. The second-order valence-corrected chi connectivity index (χ2v) is 3.88. The number of cyclic esters (lactones) is 1. The van der Waals surface area contributed by atoms with Crippen molar-refractivity contribution in [3.8, 4) is 0 Å². The fraction of sp³-hybridized carbons (Fsp3) is 0.250. The van der Waals surface area contributed by atoms with E-state index in [0.29, 0.717) is 10.5 Å². The molecule has 1 heterocycles. The van der Waals surface area contributed by atoms with Gasteiger partial charge in [0.2, 0.25) is 6.10 Å². The molecule has 1 fully saturated rings. The molecule has 1 aromatic carbocycles. The van der Waals surface area contributed by atoms with Gasteiger partial charge in [0, 0.05) is 5.56 Å². The minimum Gasteiger partial charge on any atom is -0.548 e. The third-order valence-electron chi connectivity index (χ3n) is 2.71. The van der Waals surface area contributed by atoms with E-state index in [1.165, 1.54) is 6.92 Å². The van der Waals surface area contributed by atoms with Crippen molar-refractivity contribution in [2.24, 2.45) is 0 Å². The van der Waals surface area contributed by atoms with Crippen molar-refractivity contribution < 1.29 is 24.2 Å². The Morgan fingerprint density at radius 3 is 2.50 bits per heavy atom. The fourth-order valence-electron chi connectivity index (χ4n) is 1.72. The van der Waals surface area contributed by atoms with Gasteiger partial charge in [-0.2, -0.15) is 0 Å². The van der Waals surface area contributed by atoms with E-state index < -0.39 is 30.1 Å². The van der Waals surface area contributed by atoms with Crippen LogP contribution in [-0.2, 0) is 14.3 Å². The van der Waals surface area contributed by atoms with Crippen molar-refractivity contribution >= 4 is 18.0 Å². The Bertz CT molecular complexity index is 498. The number of carboxylic acids is 1. The topological polar surface area (TPSA) is 86.7 Å². The highest BCUT2D eigenvalue weighted by Gasteiger charge is 2.44. The second kappa shape index (κ2) is 4.48. The third kappa shape index (κ3) is 1.92. The molecule has 1 saturated heterocycles. The van der Waals surface area contributed by atoms with Crippen LogP contribution in [0.5, 0.6) is 0 Å². The predicted octanol–water partition coefficient (Wildman–Crippen LogP) is -0.155. The predicted molar refractivity (Wildman–Crippen MR) is 57.0 cm³/mol. The minimum absolute atomic E-state index is 0.504. The number of carbonyl (C=O) groups excluding carboxylic acids is 3. The molecule has 0 aliphatic carbocycles. The standard InChI is InChI=1S/C12H11NO5/c1-7(11(15)16)13-10(14)9(18-12(13)17)8-5-3-2-4-6-8/h2-7,9H,1H3,(H,15,16)/p-1. The van der Waals surface area contributed by atoms with Gasteiger partial charge in [0.15, 0.2) is 0 Å². The van der Waals surface area contributed by atoms with Crippen molar-refractivity contribution in [1.29, 1.82) is 0 Å². The van der Waals surface area contributed by atoms with Crippen molar-refractivity contribution in [1.82, 2.24) is 4.90 Å². The highest BCUT2D eigenvalue weighted by Crippen LogP contribution is 2.28. The van der Waals surface area contributed by atoms with E-state index in [2.05, 4.69) is 0 Å². The van der Waals surface area contributed by atoms with E-state index in [9.17, 15) is 19.5 Å². The summed E-state index contributed by atoms with van der Waals surface area (Å²) in [5, 5.41) is 10.7. The summed E-state index contributed by atoms with van der Waals surface area (Å²) >= 11 is 0. The van der Waals surface area contributed by atoms with Crippen LogP contribution in [0.4, 0.5) is 4.79 Å². The number of aliphatic carboxylic acids is 1. The Hall–Kier alpha value is -2.37. The average molecular weight is 248 g/mol. The summed E-state index contributed by atoms with van der Waals surface area (Å²) in [6.07, 6.45) is -2.05. The van der Waals surface area contributed by atoms with E-state index in [-0.39, 0.29) is 0 Å². The van der Waals surface area contributed by atoms with E-state index in [1.54, 1.807) is 30.3 Å². The van der Waals surface area contributed by atoms with E-state index in [4.69, 9.17) is 4.74 Å². The number of carboxylic acid groups (broad SMARTS) is 1. The molecule has 1 aliphatic heterocycles. The summed E-state index contributed by atoms with van der Waals surface area (Å²) in [6, 6.07) is 7.06. The van der Waals surface area contributed by atoms with Gasteiger partial charge in [0.25, 0.3) is 5.91 Å². The van der Waals surface area contributed by atoms with Crippen molar-refractivity contribution in [3.05, 3.63) is 35.9 Å².